The summed E-state index contributed by atoms with van der Waals surface area (Å²) in [5, 5.41) is 9.14. The molecule has 1 saturated carbocycles. The second-order valence-corrected chi connectivity index (χ2v) is 4.23. The Morgan fingerprint density at radius 1 is 1.33 bits per heavy atom. The highest BCUT2D eigenvalue weighted by Gasteiger charge is 2.41. The lowest BCUT2D eigenvalue weighted by Gasteiger charge is -2.35. The molecule has 0 atom stereocenters. The second kappa shape index (κ2) is 3.46. The third-order valence-electron chi connectivity index (χ3n) is 2.93. The van der Waals surface area contributed by atoms with E-state index < -0.39 is 17.0 Å². The first-order valence-electron chi connectivity index (χ1n) is 4.65. The van der Waals surface area contributed by atoms with Crippen LogP contribution in [0, 0.1) is 23.0 Å². The Hall–Kier alpha value is -1.14. The number of nitriles is 1. The molecule has 78 valence electrons. The number of hydrogen-bond acceptors (Lipinski definition) is 1. The molecule has 0 aliphatic heterocycles. The van der Waals surface area contributed by atoms with Crippen LogP contribution in [0.5, 0.6) is 0 Å². The lowest BCUT2D eigenvalue weighted by atomic mass is 9.65. The number of benzene rings is 1. The molecule has 0 radical (unpaired) electrons. The van der Waals surface area contributed by atoms with Gasteiger partial charge in [0.25, 0.3) is 0 Å². The quantitative estimate of drug-likeness (QED) is 0.673. The van der Waals surface area contributed by atoms with Crippen LogP contribution >= 0.6 is 11.6 Å². The van der Waals surface area contributed by atoms with Crippen LogP contribution in [0.2, 0.25) is 5.02 Å². The zero-order valence-electron chi connectivity index (χ0n) is 7.86. The molecule has 0 unspecified atom stereocenters. The first-order valence-corrected chi connectivity index (χ1v) is 5.03. The molecule has 0 amide bonds. The minimum absolute atomic E-state index is 0.0984. The Kier molecular flexibility index (Phi) is 2.40. The van der Waals surface area contributed by atoms with Gasteiger partial charge in [0.15, 0.2) is 11.6 Å². The van der Waals surface area contributed by atoms with Gasteiger partial charge in [-0.2, -0.15) is 5.26 Å². The molecule has 1 aliphatic rings. The van der Waals surface area contributed by atoms with Crippen LogP contribution in [-0.4, -0.2) is 0 Å². The number of rotatable bonds is 1. The lowest BCUT2D eigenvalue weighted by Crippen LogP contribution is -2.33. The van der Waals surface area contributed by atoms with Gasteiger partial charge in [-0.25, -0.2) is 8.78 Å². The van der Waals surface area contributed by atoms with Gasteiger partial charge in [0.05, 0.1) is 11.5 Å². The van der Waals surface area contributed by atoms with Crippen molar-refractivity contribution in [3.05, 3.63) is 34.4 Å². The average molecular weight is 228 g/mol. The zero-order chi connectivity index (χ0) is 11.1. The van der Waals surface area contributed by atoms with Gasteiger partial charge in [-0.1, -0.05) is 11.6 Å². The van der Waals surface area contributed by atoms with Gasteiger partial charge in [-0.05, 0) is 31.4 Å². The number of hydrogen-bond donors (Lipinski definition) is 0. The maximum absolute atomic E-state index is 13.5. The number of nitrogens with zero attached hydrogens (tertiary/aromatic N) is 1. The van der Waals surface area contributed by atoms with Gasteiger partial charge < -0.3 is 0 Å². The first-order chi connectivity index (χ1) is 7.09. The minimum atomic E-state index is -0.987. The van der Waals surface area contributed by atoms with Crippen molar-refractivity contribution in [1.82, 2.24) is 0 Å². The Morgan fingerprint density at radius 3 is 2.47 bits per heavy atom. The molecule has 2 rings (SSSR count). The highest BCUT2D eigenvalue weighted by molar-refractivity contribution is 6.30. The summed E-state index contributed by atoms with van der Waals surface area (Å²) >= 11 is 5.65. The van der Waals surface area contributed by atoms with Crippen molar-refractivity contribution in [2.45, 2.75) is 24.7 Å². The molecule has 0 N–H and O–H groups in total. The van der Waals surface area contributed by atoms with Gasteiger partial charge in [-0.3, -0.25) is 0 Å². The van der Waals surface area contributed by atoms with E-state index in [0.717, 1.165) is 12.5 Å². The van der Waals surface area contributed by atoms with Crippen molar-refractivity contribution in [2.24, 2.45) is 0 Å². The van der Waals surface area contributed by atoms with Crippen molar-refractivity contribution < 1.29 is 8.78 Å². The van der Waals surface area contributed by atoms with E-state index in [1.165, 1.54) is 6.07 Å². The van der Waals surface area contributed by atoms with E-state index in [2.05, 4.69) is 6.07 Å². The third-order valence-corrected chi connectivity index (χ3v) is 3.15. The summed E-state index contributed by atoms with van der Waals surface area (Å²) < 4.78 is 26.6. The molecular weight excluding hydrogens is 220 g/mol. The van der Waals surface area contributed by atoms with E-state index >= 15 is 0 Å². The number of halogens is 3. The van der Waals surface area contributed by atoms with Crippen LogP contribution in [0.15, 0.2) is 12.1 Å². The maximum atomic E-state index is 13.5. The second-order valence-electron chi connectivity index (χ2n) is 3.80. The normalized spacial score (nSPS) is 18.0. The van der Waals surface area contributed by atoms with Crippen LogP contribution in [0.1, 0.15) is 24.8 Å². The van der Waals surface area contributed by atoms with Gasteiger partial charge in [0, 0.05) is 10.6 Å². The lowest BCUT2D eigenvalue weighted by molar-refractivity contribution is 0.308. The molecule has 1 aliphatic carbocycles. The summed E-state index contributed by atoms with van der Waals surface area (Å²) in [6.45, 7) is 0. The maximum Gasteiger partial charge on any atom is 0.163 e. The van der Waals surface area contributed by atoms with Crippen molar-refractivity contribution >= 4 is 11.6 Å². The molecule has 0 spiro atoms. The summed E-state index contributed by atoms with van der Waals surface area (Å²) in [4.78, 5) is 0. The molecule has 0 heterocycles. The fourth-order valence-corrected chi connectivity index (χ4v) is 2.08. The van der Waals surface area contributed by atoms with Crippen LogP contribution in [0.3, 0.4) is 0 Å². The van der Waals surface area contributed by atoms with Crippen molar-refractivity contribution in [3.8, 4) is 6.07 Å². The average Bonchev–Trinajstić information content (AvgIpc) is 2.12. The predicted molar refractivity (Wildman–Crippen MR) is 52.5 cm³/mol. The molecule has 0 aromatic heterocycles. The van der Waals surface area contributed by atoms with E-state index in [9.17, 15) is 8.78 Å². The topological polar surface area (TPSA) is 23.8 Å². The Labute approximate surface area is 91.3 Å². The summed E-state index contributed by atoms with van der Waals surface area (Å²) in [6, 6.07) is 4.33. The van der Waals surface area contributed by atoms with Gasteiger partial charge in [0.2, 0.25) is 0 Å². The van der Waals surface area contributed by atoms with E-state index in [1.54, 1.807) is 0 Å². The van der Waals surface area contributed by atoms with Gasteiger partial charge in [0.1, 0.15) is 0 Å². The fraction of sp³-hybridized carbons (Fsp3) is 0.364. The smallest absolute Gasteiger partial charge is 0.163 e. The molecule has 1 fully saturated rings. The molecular formula is C11H8ClF2N. The highest BCUT2D eigenvalue weighted by atomic mass is 35.5. The molecule has 0 bridgehead atoms. The first kappa shape index (κ1) is 10.4. The molecule has 1 nitrogen and oxygen atoms in total. The SMILES string of the molecule is N#CC1(c2cc(Cl)cc(F)c2F)CCC1. The standard InChI is InChI=1S/C11H8ClF2N/c12-7-4-8(10(14)9(13)5-7)11(6-15)2-1-3-11/h4-5H,1-3H2. The Bertz CT molecular complexity index is 447. The van der Waals surface area contributed by atoms with Gasteiger partial charge in [-0.15, -0.1) is 0 Å². The molecule has 0 saturated heterocycles. The summed E-state index contributed by atoms with van der Waals surface area (Å²) in [5.41, 5.74) is -0.767. The van der Waals surface area contributed by atoms with E-state index in [-0.39, 0.29) is 10.6 Å². The highest BCUT2D eigenvalue weighted by Crippen LogP contribution is 2.45. The largest absolute Gasteiger partial charge is 0.204 e. The predicted octanol–water partition coefficient (Wildman–Crippen LogP) is 3.56. The van der Waals surface area contributed by atoms with Crippen molar-refractivity contribution in [2.75, 3.05) is 0 Å². The molecule has 15 heavy (non-hydrogen) atoms. The minimum Gasteiger partial charge on any atom is -0.204 e. The van der Waals surface area contributed by atoms with Crippen LogP contribution in [-0.2, 0) is 5.41 Å². The summed E-state index contributed by atoms with van der Waals surface area (Å²) in [5.74, 6) is -1.93. The molecule has 1 aromatic carbocycles. The van der Waals surface area contributed by atoms with Crippen LogP contribution < -0.4 is 0 Å². The molecule has 1 aromatic rings. The van der Waals surface area contributed by atoms with Crippen LogP contribution in [0.25, 0.3) is 0 Å². The monoisotopic (exact) mass is 227 g/mol. The summed E-state index contributed by atoms with van der Waals surface area (Å²) in [7, 11) is 0. The van der Waals surface area contributed by atoms with Gasteiger partial charge >= 0.3 is 0 Å². The third kappa shape index (κ3) is 1.49. The zero-order valence-corrected chi connectivity index (χ0v) is 8.61. The Morgan fingerprint density at radius 2 is 2.00 bits per heavy atom. The molecule has 4 heteroatoms. The van der Waals surface area contributed by atoms with E-state index in [0.29, 0.717) is 12.8 Å². The fourth-order valence-electron chi connectivity index (χ4n) is 1.88. The van der Waals surface area contributed by atoms with Crippen molar-refractivity contribution in [1.29, 1.82) is 5.26 Å². The van der Waals surface area contributed by atoms with E-state index in [1.807, 2.05) is 0 Å². The van der Waals surface area contributed by atoms with Crippen molar-refractivity contribution in [3.63, 3.8) is 0 Å². The van der Waals surface area contributed by atoms with Crippen LogP contribution in [0.4, 0.5) is 8.78 Å². The van der Waals surface area contributed by atoms with E-state index in [4.69, 9.17) is 16.9 Å². The summed E-state index contributed by atoms with van der Waals surface area (Å²) in [6.07, 6.45) is 2.00. The Balaban J connectivity index is 2.57.